The van der Waals surface area contributed by atoms with E-state index in [1.54, 1.807) is 24.4 Å². The summed E-state index contributed by atoms with van der Waals surface area (Å²) in [6.45, 7) is -0.0791. The van der Waals surface area contributed by atoms with Crippen LogP contribution in [0.2, 0.25) is 5.02 Å². The van der Waals surface area contributed by atoms with Gasteiger partial charge in [0.05, 0.1) is 23.3 Å². The zero-order chi connectivity index (χ0) is 20.1. The lowest BCUT2D eigenvalue weighted by molar-refractivity contribution is -0.137. The highest BCUT2D eigenvalue weighted by Gasteiger charge is 2.32. The third-order valence-electron chi connectivity index (χ3n) is 4.26. The molecule has 0 spiro atoms. The van der Waals surface area contributed by atoms with Gasteiger partial charge in [-0.05, 0) is 30.3 Å². The van der Waals surface area contributed by atoms with Crippen molar-refractivity contribution in [3.63, 3.8) is 0 Å². The summed E-state index contributed by atoms with van der Waals surface area (Å²) in [7, 11) is 0. The average molecular weight is 407 g/mol. The van der Waals surface area contributed by atoms with Crippen LogP contribution in [-0.4, -0.2) is 14.5 Å². The zero-order valence-corrected chi connectivity index (χ0v) is 14.8. The number of fused-ring (bicyclic) bond motifs is 2. The number of alkyl halides is 3. The number of halogens is 5. The number of rotatable bonds is 3. The van der Waals surface area contributed by atoms with E-state index in [9.17, 15) is 17.6 Å². The maximum absolute atomic E-state index is 14.5. The van der Waals surface area contributed by atoms with Crippen molar-refractivity contribution in [3.8, 4) is 12.3 Å². The molecular weight excluding hydrogens is 396 g/mol. The Morgan fingerprint density at radius 3 is 2.75 bits per heavy atom. The second-order valence-electron chi connectivity index (χ2n) is 6.07. The Morgan fingerprint density at radius 2 is 2.04 bits per heavy atom. The molecule has 9 heteroatoms. The molecule has 0 bridgehead atoms. The number of hydrogen-bond acceptors (Lipinski definition) is 2. The maximum Gasteiger partial charge on any atom is 0.416 e. The van der Waals surface area contributed by atoms with Gasteiger partial charge in [-0.1, -0.05) is 17.5 Å². The van der Waals surface area contributed by atoms with Crippen LogP contribution >= 0.6 is 11.6 Å². The van der Waals surface area contributed by atoms with Crippen molar-refractivity contribution < 1.29 is 17.6 Å². The lowest BCUT2D eigenvalue weighted by atomic mass is 10.2. The van der Waals surface area contributed by atoms with E-state index in [1.807, 2.05) is 0 Å². The second-order valence-corrected chi connectivity index (χ2v) is 6.50. The number of aromatic amines is 1. The van der Waals surface area contributed by atoms with Gasteiger partial charge < -0.3 is 10.3 Å². The van der Waals surface area contributed by atoms with Gasteiger partial charge in [-0.3, -0.25) is 4.57 Å². The van der Waals surface area contributed by atoms with Crippen molar-refractivity contribution in [2.45, 2.75) is 12.7 Å². The van der Waals surface area contributed by atoms with E-state index in [0.717, 1.165) is 17.0 Å². The molecule has 0 saturated heterocycles. The van der Waals surface area contributed by atoms with Crippen molar-refractivity contribution in [3.05, 3.63) is 52.9 Å². The highest BCUT2D eigenvalue weighted by Crippen LogP contribution is 2.35. The molecule has 0 aliphatic rings. The van der Waals surface area contributed by atoms with Gasteiger partial charge in [0.15, 0.2) is 0 Å². The molecule has 0 atom stereocenters. The number of nitrogens with zero attached hydrogens (tertiary/aromatic N) is 2. The summed E-state index contributed by atoms with van der Waals surface area (Å²) in [5.74, 6) is 1.43. The van der Waals surface area contributed by atoms with Gasteiger partial charge in [0.1, 0.15) is 11.3 Å². The Balaban J connectivity index is 1.88. The summed E-state index contributed by atoms with van der Waals surface area (Å²) in [6, 6.07) is 6.44. The fourth-order valence-electron chi connectivity index (χ4n) is 3.04. The number of anilines is 2. The van der Waals surface area contributed by atoms with Gasteiger partial charge in [0.2, 0.25) is 5.95 Å². The van der Waals surface area contributed by atoms with Crippen LogP contribution in [0.4, 0.5) is 29.2 Å². The molecule has 2 N–H and O–H groups in total. The molecule has 0 aliphatic heterocycles. The number of aromatic nitrogens is 3. The van der Waals surface area contributed by atoms with Crippen molar-refractivity contribution >= 4 is 45.2 Å². The summed E-state index contributed by atoms with van der Waals surface area (Å²) >= 11 is 6.03. The molecule has 0 unspecified atom stereocenters. The third kappa shape index (κ3) is 3.04. The number of hydrogen-bond donors (Lipinski definition) is 2. The first-order chi connectivity index (χ1) is 13.3. The molecule has 0 amide bonds. The van der Waals surface area contributed by atoms with Gasteiger partial charge in [-0.25, -0.2) is 9.37 Å². The SMILES string of the molecule is C#CCn1c(Nc2c[nH]c3ccc(Cl)cc23)nc2cc(C(F)(F)F)cc(F)c21. The van der Waals surface area contributed by atoms with E-state index < -0.39 is 17.6 Å². The molecule has 4 rings (SSSR count). The first-order valence-corrected chi connectivity index (χ1v) is 8.40. The summed E-state index contributed by atoms with van der Waals surface area (Å²) in [4.78, 5) is 7.18. The van der Waals surface area contributed by atoms with Crippen LogP contribution in [0, 0.1) is 18.2 Å². The number of imidazole rings is 1. The van der Waals surface area contributed by atoms with Gasteiger partial charge in [-0.15, -0.1) is 6.42 Å². The van der Waals surface area contributed by atoms with Gasteiger partial charge in [0.25, 0.3) is 0 Å². The van der Waals surface area contributed by atoms with Crippen LogP contribution in [0.1, 0.15) is 5.56 Å². The Kier molecular flexibility index (Phi) is 4.20. The van der Waals surface area contributed by atoms with Crippen molar-refractivity contribution in [1.29, 1.82) is 0 Å². The molecule has 2 aromatic carbocycles. The van der Waals surface area contributed by atoms with E-state index in [1.165, 1.54) is 4.57 Å². The largest absolute Gasteiger partial charge is 0.416 e. The lowest BCUT2D eigenvalue weighted by Crippen LogP contribution is -2.06. The first kappa shape index (κ1) is 18.2. The number of nitrogens with one attached hydrogen (secondary N) is 2. The second kappa shape index (κ2) is 6.46. The van der Waals surface area contributed by atoms with Crippen LogP contribution in [0.5, 0.6) is 0 Å². The third-order valence-corrected chi connectivity index (χ3v) is 4.50. The van der Waals surface area contributed by atoms with Crippen LogP contribution in [0.25, 0.3) is 21.9 Å². The molecular formula is C19H11ClF4N4. The Bertz CT molecular complexity index is 1250. The zero-order valence-electron chi connectivity index (χ0n) is 14.0. The highest BCUT2D eigenvalue weighted by molar-refractivity contribution is 6.31. The van der Waals surface area contributed by atoms with Crippen LogP contribution < -0.4 is 5.32 Å². The van der Waals surface area contributed by atoms with E-state index in [-0.39, 0.29) is 23.5 Å². The predicted molar refractivity (Wildman–Crippen MR) is 100 cm³/mol. The van der Waals surface area contributed by atoms with E-state index in [4.69, 9.17) is 18.0 Å². The van der Waals surface area contributed by atoms with Gasteiger partial charge in [0, 0.05) is 22.1 Å². The molecule has 0 radical (unpaired) electrons. The molecule has 0 fully saturated rings. The molecule has 0 aliphatic carbocycles. The topological polar surface area (TPSA) is 45.6 Å². The van der Waals surface area contributed by atoms with E-state index >= 15 is 0 Å². The number of benzene rings is 2. The summed E-state index contributed by atoms with van der Waals surface area (Å²) in [5, 5.41) is 4.25. The normalized spacial score (nSPS) is 11.9. The standard InChI is InChI=1S/C19H11ClF4N4/c1-2-5-28-17-13(21)6-10(19(22,23)24)7-15(17)26-18(28)27-16-9-25-14-4-3-11(20)8-12(14)16/h1,3-4,6-9,25H,5H2,(H,26,27). The predicted octanol–water partition coefficient (Wildman–Crippen LogP) is 5.71. The Labute approximate surface area is 161 Å². The van der Waals surface area contributed by atoms with Gasteiger partial charge in [-0.2, -0.15) is 13.2 Å². The van der Waals surface area contributed by atoms with Gasteiger partial charge >= 0.3 is 6.18 Å². The highest BCUT2D eigenvalue weighted by atomic mass is 35.5. The minimum absolute atomic E-state index is 0.0791. The van der Waals surface area contributed by atoms with Crippen molar-refractivity contribution in [2.75, 3.05) is 5.32 Å². The molecule has 142 valence electrons. The molecule has 4 nitrogen and oxygen atoms in total. The summed E-state index contributed by atoms with van der Waals surface area (Å²) in [6.07, 6.45) is 2.32. The lowest BCUT2D eigenvalue weighted by Gasteiger charge is -2.09. The van der Waals surface area contributed by atoms with E-state index in [2.05, 4.69) is 21.2 Å². The summed E-state index contributed by atoms with van der Waals surface area (Å²) in [5.41, 5.74) is -0.0119. The molecule has 2 heterocycles. The fraction of sp³-hybridized carbons (Fsp3) is 0.105. The van der Waals surface area contributed by atoms with Crippen LogP contribution in [0.3, 0.4) is 0 Å². The summed E-state index contributed by atoms with van der Waals surface area (Å²) < 4.78 is 54.8. The number of terminal acetylenes is 1. The Hall–Kier alpha value is -3.18. The first-order valence-electron chi connectivity index (χ1n) is 8.02. The van der Waals surface area contributed by atoms with E-state index in [0.29, 0.717) is 16.8 Å². The molecule has 2 aromatic heterocycles. The minimum atomic E-state index is -4.69. The molecule has 0 saturated carbocycles. The minimum Gasteiger partial charge on any atom is -0.359 e. The Morgan fingerprint density at radius 1 is 1.25 bits per heavy atom. The smallest absolute Gasteiger partial charge is 0.359 e. The molecule has 4 aromatic rings. The number of H-pyrrole nitrogens is 1. The van der Waals surface area contributed by atoms with Crippen LogP contribution in [0.15, 0.2) is 36.5 Å². The monoisotopic (exact) mass is 406 g/mol. The fourth-order valence-corrected chi connectivity index (χ4v) is 3.21. The maximum atomic E-state index is 14.5. The van der Waals surface area contributed by atoms with Crippen LogP contribution in [-0.2, 0) is 12.7 Å². The van der Waals surface area contributed by atoms with Crippen molar-refractivity contribution in [2.24, 2.45) is 0 Å². The average Bonchev–Trinajstić information content (AvgIpc) is 3.17. The molecule has 28 heavy (non-hydrogen) atoms. The van der Waals surface area contributed by atoms with Crippen molar-refractivity contribution in [1.82, 2.24) is 14.5 Å². The quantitative estimate of drug-likeness (QED) is 0.338.